The number of aromatic amines is 1. The molecular weight excluding hydrogens is 270 g/mol. The van der Waals surface area contributed by atoms with Crippen molar-refractivity contribution in [2.75, 3.05) is 5.32 Å². The zero-order valence-corrected chi connectivity index (χ0v) is 11.9. The molecule has 2 rings (SSSR count). The Kier molecular flexibility index (Phi) is 4.37. The number of aryl methyl sites for hydroxylation is 3. The average Bonchev–Trinajstić information content (AvgIpc) is 2.76. The number of nitrogens with one attached hydrogen (secondary N) is 2. The van der Waals surface area contributed by atoms with Crippen molar-refractivity contribution in [3.8, 4) is 0 Å². The number of carbonyl (C=O) groups excluding carboxylic acids is 1. The number of aromatic nitrogens is 2. The van der Waals surface area contributed by atoms with Crippen molar-refractivity contribution in [3.05, 3.63) is 46.8 Å². The third-order valence-electron chi connectivity index (χ3n) is 3.17. The minimum atomic E-state index is -0.839. The smallest absolute Gasteiger partial charge is 0.303 e. The summed E-state index contributed by atoms with van der Waals surface area (Å²) in [6, 6.07) is 7.19. The maximum atomic E-state index is 12.2. The first-order valence-electron chi connectivity index (χ1n) is 6.61. The second kappa shape index (κ2) is 6.21. The number of carboxylic acids is 1. The van der Waals surface area contributed by atoms with Gasteiger partial charge in [-0.15, -0.1) is 0 Å². The highest BCUT2D eigenvalue weighted by molar-refractivity contribution is 6.05. The van der Waals surface area contributed by atoms with Crippen LogP contribution >= 0.6 is 0 Å². The summed E-state index contributed by atoms with van der Waals surface area (Å²) in [6.07, 6.45) is 0.500. The topological polar surface area (TPSA) is 95.1 Å². The number of anilines is 1. The predicted octanol–water partition coefficient (Wildman–Crippen LogP) is 2.30. The summed E-state index contributed by atoms with van der Waals surface area (Å²) in [6.45, 7) is 3.56. The van der Waals surface area contributed by atoms with Gasteiger partial charge in [-0.3, -0.25) is 14.7 Å². The fourth-order valence-electron chi connectivity index (χ4n) is 2.13. The molecule has 0 aliphatic heterocycles. The van der Waals surface area contributed by atoms with Crippen LogP contribution in [0, 0.1) is 13.8 Å². The highest BCUT2D eigenvalue weighted by Crippen LogP contribution is 2.16. The van der Waals surface area contributed by atoms with Gasteiger partial charge in [0.15, 0.2) is 0 Å². The number of carboxylic acid groups (broad SMARTS) is 1. The lowest BCUT2D eigenvalue weighted by atomic mass is 10.1. The molecule has 0 aliphatic carbocycles. The maximum absolute atomic E-state index is 12.2. The van der Waals surface area contributed by atoms with Crippen LogP contribution in [0.5, 0.6) is 0 Å². The van der Waals surface area contributed by atoms with E-state index < -0.39 is 5.97 Å². The molecule has 0 unspecified atom stereocenters. The summed E-state index contributed by atoms with van der Waals surface area (Å²) in [4.78, 5) is 22.8. The fourth-order valence-corrected chi connectivity index (χ4v) is 2.13. The highest BCUT2D eigenvalue weighted by Gasteiger charge is 2.15. The largest absolute Gasteiger partial charge is 0.481 e. The van der Waals surface area contributed by atoms with Gasteiger partial charge in [0, 0.05) is 17.8 Å². The van der Waals surface area contributed by atoms with Crippen LogP contribution in [0.1, 0.15) is 33.7 Å². The van der Waals surface area contributed by atoms with Crippen molar-refractivity contribution < 1.29 is 14.7 Å². The van der Waals surface area contributed by atoms with Crippen molar-refractivity contribution in [2.24, 2.45) is 0 Å². The van der Waals surface area contributed by atoms with Gasteiger partial charge in [0.1, 0.15) is 0 Å². The standard InChI is InChI=1S/C15H17N3O3/c1-9-14(10(2)18-17-9)15(21)16-12-5-3-4-11(8-12)6-7-13(19)20/h3-5,8H,6-7H2,1-2H3,(H,16,21)(H,17,18)(H,19,20). The van der Waals surface area contributed by atoms with E-state index in [0.717, 1.165) is 5.56 Å². The van der Waals surface area contributed by atoms with Crippen molar-refractivity contribution in [1.29, 1.82) is 0 Å². The Balaban J connectivity index is 2.11. The van der Waals surface area contributed by atoms with Crippen LogP contribution in [0.15, 0.2) is 24.3 Å². The molecule has 0 bridgehead atoms. The molecule has 3 N–H and O–H groups in total. The Bertz CT molecular complexity index is 657. The fraction of sp³-hybridized carbons (Fsp3) is 0.267. The number of hydrogen-bond donors (Lipinski definition) is 3. The molecule has 0 spiro atoms. The number of nitrogens with zero attached hydrogens (tertiary/aromatic N) is 1. The summed E-state index contributed by atoms with van der Waals surface area (Å²) in [5.74, 6) is -1.07. The summed E-state index contributed by atoms with van der Waals surface area (Å²) in [5, 5.41) is 18.3. The molecule has 0 saturated heterocycles. The molecule has 1 aromatic carbocycles. The molecule has 0 fully saturated rings. The van der Waals surface area contributed by atoms with Crippen molar-refractivity contribution in [2.45, 2.75) is 26.7 Å². The third kappa shape index (κ3) is 3.68. The Morgan fingerprint density at radius 2 is 2.10 bits per heavy atom. The normalized spacial score (nSPS) is 10.4. The number of rotatable bonds is 5. The number of H-pyrrole nitrogens is 1. The van der Waals surface area contributed by atoms with Crippen LogP contribution in [0.25, 0.3) is 0 Å². The molecule has 0 aliphatic rings. The zero-order chi connectivity index (χ0) is 15.4. The van der Waals surface area contributed by atoms with E-state index in [2.05, 4.69) is 15.5 Å². The third-order valence-corrected chi connectivity index (χ3v) is 3.17. The Morgan fingerprint density at radius 1 is 1.33 bits per heavy atom. The van der Waals surface area contributed by atoms with E-state index in [9.17, 15) is 9.59 Å². The van der Waals surface area contributed by atoms with Crippen LogP contribution in [0.4, 0.5) is 5.69 Å². The molecule has 110 valence electrons. The first-order chi connectivity index (χ1) is 9.97. The van der Waals surface area contributed by atoms with E-state index in [1.807, 2.05) is 6.07 Å². The van der Waals surface area contributed by atoms with Crippen molar-refractivity contribution in [3.63, 3.8) is 0 Å². The molecule has 21 heavy (non-hydrogen) atoms. The second-order valence-electron chi connectivity index (χ2n) is 4.86. The van der Waals surface area contributed by atoms with Gasteiger partial charge >= 0.3 is 5.97 Å². The molecule has 1 heterocycles. The van der Waals surface area contributed by atoms with Gasteiger partial charge in [-0.2, -0.15) is 5.10 Å². The van der Waals surface area contributed by atoms with Gasteiger partial charge in [-0.1, -0.05) is 12.1 Å². The number of amides is 1. The van der Waals surface area contributed by atoms with E-state index in [-0.39, 0.29) is 12.3 Å². The van der Waals surface area contributed by atoms with Gasteiger partial charge in [0.2, 0.25) is 0 Å². The van der Waals surface area contributed by atoms with E-state index in [1.165, 1.54) is 0 Å². The van der Waals surface area contributed by atoms with Crippen LogP contribution in [-0.2, 0) is 11.2 Å². The molecule has 1 aromatic heterocycles. The molecule has 6 heteroatoms. The molecular formula is C15H17N3O3. The van der Waals surface area contributed by atoms with Gasteiger partial charge < -0.3 is 10.4 Å². The van der Waals surface area contributed by atoms with Crippen LogP contribution in [0.3, 0.4) is 0 Å². The van der Waals surface area contributed by atoms with Gasteiger partial charge in [-0.05, 0) is 38.0 Å². The SMILES string of the molecule is Cc1n[nH]c(C)c1C(=O)Nc1cccc(CCC(=O)O)c1. The monoisotopic (exact) mass is 287 g/mol. The van der Waals surface area contributed by atoms with Gasteiger partial charge in [-0.25, -0.2) is 0 Å². The van der Waals surface area contributed by atoms with Crippen molar-refractivity contribution >= 4 is 17.6 Å². The first kappa shape index (κ1) is 14.8. The number of benzene rings is 1. The summed E-state index contributed by atoms with van der Waals surface area (Å²) in [7, 11) is 0. The minimum Gasteiger partial charge on any atom is -0.481 e. The second-order valence-corrected chi connectivity index (χ2v) is 4.86. The molecule has 1 amide bonds. The van der Waals surface area contributed by atoms with Crippen LogP contribution < -0.4 is 5.32 Å². The van der Waals surface area contributed by atoms with E-state index >= 15 is 0 Å². The number of hydrogen-bond acceptors (Lipinski definition) is 3. The highest BCUT2D eigenvalue weighted by atomic mass is 16.4. The lowest BCUT2D eigenvalue weighted by Crippen LogP contribution is -2.13. The van der Waals surface area contributed by atoms with Crippen molar-refractivity contribution in [1.82, 2.24) is 10.2 Å². The van der Waals surface area contributed by atoms with Crippen LogP contribution in [-0.4, -0.2) is 27.2 Å². The molecule has 0 radical (unpaired) electrons. The van der Waals surface area contributed by atoms with Gasteiger partial charge in [0.25, 0.3) is 5.91 Å². The molecule has 0 atom stereocenters. The first-order valence-corrected chi connectivity index (χ1v) is 6.61. The predicted molar refractivity (Wildman–Crippen MR) is 78.4 cm³/mol. The van der Waals surface area contributed by atoms with Crippen LogP contribution in [0.2, 0.25) is 0 Å². The molecule has 2 aromatic rings. The Hall–Kier alpha value is -2.63. The molecule has 6 nitrogen and oxygen atoms in total. The summed E-state index contributed by atoms with van der Waals surface area (Å²) in [5.41, 5.74) is 3.41. The minimum absolute atomic E-state index is 0.0668. The van der Waals surface area contributed by atoms with E-state index in [4.69, 9.17) is 5.11 Å². The summed E-state index contributed by atoms with van der Waals surface area (Å²) >= 11 is 0. The van der Waals surface area contributed by atoms with Gasteiger partial charge in [0.05, 0.1) is 11.3 Å². The lowest BCUT2D eigenvalue weighted by Gasteiger charge is -2.07. The quantitative estimate of drug-likeness (QED) is 0.786. The lowest BCUT2D eigenvalue weighted by molar-refractivity contribution is -0.136. The van der Waals surface area contributed by atoms with E-state index in [1.54, 1.807) is 32.0 Å². The maximum Gasteiger partial charge on any atom is 0.303 e. The van der Waals surface area contributed by atoms with E-state index in [0.29, 0.717) is 29.1 Å². The summed E-state index contributed by atoms with van der Waals surface area (Å²) < 4.78 is 0. The molecule has 0 saturated carbocycles. The number of carbonyl (C=O) groups is 2. The average molecular weight is 287 g/mol. The Morgan fingerprint density at radius 3 is 2.71 bits per heavy atom. The zero-order valence-electron chi connectivity index (χ0n) is 11.9. The Labute approximate surface area is 122 Å². The number of aliphatic carboxylic acids is 1.